The number of thiazole rings is 1. The SMILES string of the molecule is CNC(C1=CCCO1)c1cscn1. The van der Waals surface area contributed by atoms with Crippen LogP contribution in [0.4, 0.5) is 0 Å². The van der Waals surface area contributed by atoms with Gasteiger partial charge in [-0.25, -0.2) is 4.98 Å². The Bertz CT molecular complexity index is 295. The minimum Gasteiger partial charge on any atom is -0.496 e. The Morgan fingerprint density at radius 1 is 1.69 bits per heavy atom. The third-order valence-corrected chi connectivity index (χ3v) is 2.66. The van der Waals surface area contributed by atoms with Crippen LogP contribution in [0.3, 0.4) is 0 Å². The van der Waals surface area contributed by atoms with Crippen LogP contribution < -0.4 is 5.32 Å². The van der Waals surface area contributed by atoms with E-state index in [9.17, 15) is 0 Å². The second-order valence-corrected chi connectivity index (χ2v) is 3.60. The molecule has 0 aliphatic carbocycles. The van der Waals surface area contributed by atoms with E-state index in [0.29, 0.717) is 0 Å². The molecule has 2 rings (SSSR count). The van der Waals surface area contributed by atoms with Crippen molar-refractivity contribution in [3.8, 4) is 0 Å². The molecule has 0 saturated heterocycles. The second kappa shape index (κ2) is 3.89. The van der Waals surface area contributed by atoms with Crippen molar-refractivity contribution in [1.29, 1.82) is 0 Å². The molecule has 3 nitrogen and oxygen atoms in total. The molecule has 0 bridgehead atoms. The Labute approximate surface area is 81.4 Å². The first-order chi connectivity index (χ1) is 6.42. The smallest absolute Gasteiger partial charge is 0.115 e. The van der Waals surface area contributed by atoms with E-state index in [-0.39, 0.29) is 6.04 Å². The summed E-state index contributed by atoms with van der Waals surface area (Å²) in [5.74, 6) is 1.01. The average Bonchev–Trinajstić information content (AvgIpc) is 2.76. The van der Waals surface area contributed by atoms with E-state index in [4.69, 9.17) is 4.74 Å². The molecule has 1 aromatic heterocycles. The summed E-state index contributed by atoms with van der Waals surface area (Å²) in [4.78, 5) is 4.27. The van der Waals surface area contributed by atoms with Gasteiger partial charge in [-0.2, -0.15) is 0 Å². The largest absolute Gasteiger partial charge is 0.496 e. The maximum atomic E-state index is 5.49. The van der Waals surface area contributed by atoms with E-state index in [1.54, 1.807) is 11.3 Å². The lowest BCUT2D eigenvalue weighted by Gasteiger charge is -2.14. The average molecular weight is 196 g/mol. The van der Waals surface area contributed by atoms with Crippen molar-refractivity contribution in [2.75, 3.05) is 13.7 Å². The highest BCUT2D eigenvalue weighted by Gasteiger charge is 2.20. The zero-order valence-corrected chi connectivity index (χ0v) is 8.30. The minimum atomic E-state index is 0.133. The molecule has 4 heteroatoms. The fourth-order valence-electron chi connectivity index (χ4n) is 1.44. The van der Waals surface area contributed by atoms with E-state index >= 15 is 0 Å². The van der Waals surface area contributed by atoms with Gasteiger partial charge in [0.05, 0.1) is 17.8 Å². The molecule has 0 aromatic carbocycles. The van der Waals surface area contributed by atoms with Gasteiger partial charge in [-0.3, -0.25) is 0 Å². The molecule has 1 aliphatic heterocycles. The van der Waals surface area contributed by atoms with Crippen molar-refractivity contribution < 1.29 is 4.74 Å². The highest BCUT2D eigenvalue weighted by atomic mass is 32.1. The van der Waals surface area contributed by atoms with Crippen LogP contribution in [0.2, 0.25) is 0 Å². The third kappa shape index (κ3) is 1.73. The number of likely N-dealkylation sites (N-methyl/N-ethyl adjacent to an activating group) is 1. The normalized spacial score (nSPS) is 18.1. The Balaban J connectivity index is 2.18. The Hall–Kier alpha value is -0.870. The number of hydrogen-bond donors (Lipinski definition) is 1. The molecule has 1 unspecified atom stereocenters. The maximum absolute atomic E-state index is 5.49. The predicted molar refractivity (Wildman–Crippen MR) is 52.6 cm³/mol. The van der Waals surface area contributed by atoms with Crippen molar-refractivity contribution in [2.24, 2.45) is 0 Å². The summed E-state index contributed by atoms with van der Waals surface area (Å²) in [6.45, 7) is 0.803. The molecule has 70 valence electrons. The fourth-order valence-corrected chi connectivity index (χ4v) is 2.02. The van der Waals surface area contributed by atoms with Crippen LogP contribution in [-0.4, -0.2) is 18.6 Å². The molecule has 1 N–H and O–H groups in total. The van der Waals surface area contributed by atoms with Gasteiger partial charge < -0.3 is 10.1 Å². The summed E-state index contributed by atoms with van der Waals surface area (Å²) in [6, 6.07) is 0.133. The zero-order valence-electron chi connectivity index (χ0n) is 7.49. The van der Waals surface area contributed by atoms with Crippen LogP contribution in [0.25, 0.3) is 0 Å². The number of ether oxygens (including phenoxy) is 1. The first-order valence-corrected chi connectivity index (χ1v) is 5.24. The van der Waals surface area contributed by atoms with Crippen LogP contribution in [-0.2, 0) is 4.74 Å². The van der Waals surface area contributed by atoms with Crippen LogP contribution in [0.1, 0.15) is 18.2 Å². The highest BCUT2D eigenvalue weighted by molar-refractivity contribution is 7.07. The quantitative estimate of drug-likeness (QED) is 0.799. The van der Waals surface area contributed by atoms with Gasteiger partial charge in [-0.05, 0) is 13.1 Å². The van der Waals surface area contributed by atoms with Gasteiger partial charge in [0, 0.05) is 11.8 Å². The summed E-state index contributed by atoms with van der Waals surface area (Å²) in [7, 11) is 1.92. The number of hydrogen-bond acceptors (Lipinski definition) is 4. The van der Waals surface area contributed by atoms with E-state index in [1.165, 1.54) is 0 Å². The molecular formula is C9H12N2OS. The van der Waals surface area contributed by atoms with E-state index in [2.05, 4.69) is 16.4 Å². The van der Waals surface area contributed by atoms with Crippen LogP contribution in [0, 0.1) is 0 Å². The summed E-state index contributed by atoms with van der Waals surface area (Å²) in [6.07, 6.45) is 3.14. The van der Waals surface area contributed by atoms with Gasteiger partial charge in [-0.1, -0.05) is 0 Å². The van der Waals surface area contributed by atoms with E-state index < -0.39 is 0 Å². The standard InChI is InChI=1S/C9H12N2OS/c1-10-9(7-5-13-6-11-7)8-3-2-4-12-8/h3,5-6,9-10H,2,4H2,1H3. The van der Waals surface area contributed by atoms with Gasteiger partial charge in [0.25, 0.3) is 0 Å². The topological polar surface area (TPSA) is 34.1 Å². The zero-order chi connectivity index (χ0) is 9.10. The van der Waals surface area contributed by atoms with Gasteiger partial charge >= 0.3 is 0 Å². The lowest BCUT2D eigenvalue weighted by Crippen LogP contribution is -2.19. The summed E-state index contributed by atoms with van der Waals surface area (Å²) in [5, 5.41) is 5.24. The molecule has 0 saturated carbocycles. The van der Waals surface area contributed by atoms with Crippen LogP contribution >= 0.6 is 11.3 Å². The third-order valence-electron chi connectivity index (χ3n) is 2.05. The second-order valence-electron chi connectivity index (χ2n) is 2.88. The molecule has 0 fully saturated rings. The fraction of sp³-hybridized carbons (Fsp3) is 0.444. The number of nitrogens with zero attached hydrogens (tertiary/aromatic N) is 1. The van der Waals surface area contributed by atoms with Crippen molar-refractivity contribution in [3.63, 3.8) is 0 Å². The summed E-state index contributed by atoms with van der Waals surface area (Å²) in [5.41, 5.74) is 2.88. The monoisotopic (exact) mass is 196 g/mol. The summed E-state index contributed by atoms with van der Waals surface area (Å²) >= 11 is 1.61. The Kier molecular flexibility index (Phi) is 2.61. The van der Waals surface area contributed by atoms with Gasteiger partial charge in [-0.15, -0.1) is 11.3 Å². The lowest BCUT2D eigenvalue weighted by atomic mass is 10.2. The molecule has 1 aliphatic rings. The number of aromatic nitrogens is 1. The molecule has 0 amide bonds. The predicted octanol–water partition coefficient (Wildman–Crippen LogP) is 1.71. The maximum Gasteiger partial charge on any atom is 0.115 e. The minimum absolute atomic E-state index is 0.133. The molecular weight excluding hydrogens is 184 g/mol. The van der Waals surface area contributed by atoms with Crippen LogP contribution in [0.5, 0.6) is 0 Å². The van der Waals surface area contributed by atoms with Crippen molar-refractivity contribution in [1.82, 2.24) is 10.3 Å². The molecule has 13 heavy (non-hydrogen) atoms. The van der Waals surface area contributed by atoms with Gasteiger partial charge in [0.2, 0.25) is 0 Å². The first-order valence-electron chi connectivity index (χ1n) is 4.30. The molecule has 0 radical (unpaired) electrons. The van der Waals surface area contributed by atoms with Crippen molar-refractivity contribution in [2.45, 2.75) is 12.5 Å². The Morgan fingerprint density at radius 3 is 3.15 bits per heavy atom. The first kappa shape index (κ1) is 8.72. The molecule has 2 heterocycles. The van der Waals surface area contributed by atoms with Gasteiger partial charge in [0.15, 0.2) is 0 Å². The van der Waals surface area contributed by atoms with E-state index in [1.807, 2.05) is 17.9 Å². The van der Waals surface area contributed by atoms with Crippen LogP contribution in [0.15, 0.2) is 22.7 Å². The highest BCUT2D eigenvalue weighted by Crippen LogP contribution is 2.25. The number of nitrogens with one attached hydrogen (secondary N) is 1. The Morgan fingerprint density at radius 2 is 2.62 bits per heavy atom. The molecule has 1 atom stereocenters. The van der Waals surface area contributed by atoms with Crippen molar-refractivity contribution >= 4 is 11.3 Å². The van der Waals surface area contributed by atoms with E-state index in [0.717, 1.165) is 24.5 Å². The number of rotatable bonds is 3. The van der Waals surface area contributed by atoms with Crippen molar-refractivity contribution in [3.05, 3.63) is 28.4 Å². The van der Waals surface area contributed by atoms with Gasteiger partial charge in [0.1, 0.15) is 11.8 Å². The molecule has 1 aromatic rings. The summed E-state index contributed by atoms with van der Waals surface area (Å²) < 4.78 is 5.49. The molecule has 0 spiro atoms. The lowest BCUT2D eigenvalue weighted by molar-refractivity contribution is 0.217.